The minimum Gasteiger partial charge on any atom is -0.396 e. The Morgan fingerprint density at radius 3 is 2.17 bits per heavy atom. The Balaban J connectivity index is 0.000000256. The molecule has 0 bridgehead atoms. The first-order chi connectivity index (χ1) is 17.6. The summed E-state index contributed by atoms with van der Waals surface area (Å²) >= 11 is 0. The molecule has 3 heterocycles. The number of hydrogen-bond acceptors (Lipinski definition) is 8. The normalized spacial score (nSPS) is 17.3. The minimum absolute atomic E-state index is 0.0309. The number of rotatable bonds is 17. The van der Waals surface area contributed by atoms with E-state index in [9.17, 15) is 9.70 Å². The molecule has 204 valence electrons. The van der Waals surface area contributed by atoms with Crippen molar-refractivity contribution in [1.82, 2.24) is 19.5 Å². The lowest BCUT2D eigenvalue weighted by Gasteiger charge is -2.13. The van der Waals surface area contributed by atoms with Crippen LogP contribution in [0.5, 0.6) is 0 Å². The first-order valence-electron chi connectivity index (χ1n) is 13.9. The van der Waals surface area contributed by atoms with Crippen LogP contribution in [0.2, 0.25) is 0 Å². The number of nitrogens with one attached hydrogen (secondary N) is 1. The van der Waals surface area contributed by atoms with E-state index in [0.717, 1.165) is 12.8 Å². The summed E-state index contributed by atoms with van der Waals surface area (Å²) in [5.74, 6) is 0.0309. The van der Waals surface area contributed by atoms with Gasteiger partial charge in [0.2, 0.25) is 5.95 Å². The fourth-order valence-corrected chi connectivity index (χ4v) is 4.57. The molecular formula is C26H46N6O4. The van der Waals surface area contributed by atoms with Crippen LogP contribution < -0.4 is 11.3 Å². The number of nitrogens with zero attached hydrogens (tertiary/aromatic N) is 4. The summed E-state index contributed by atoms with van der Waals surface area (Å²) in [6.45, 7) is 2.78. The Hall–Kier alpha value is -2.33. The Kier molecular flexibility index (Phi) is 14.9. The minimum atomic E-state index is -0.384. The number of fused-ring (bicyclic) bond motifs is 1. The molecule has 2 aromatic heterocycles. The molecule has 0 aromatic carbocycles. The first kappa shape index (κ1) is 29.9. The van der Waals surface area contributed by atoms with E-state index in [0.29, 0.717) is 18.7 Å². The number of aliphatic hydroxyl groups is 1. The number of ether oxygens (including phenoxy) is 1. The van der Waals surface area contributed by atoms with Gasteiger partial charge in [0.1, 0.15) is 12.8 Å². The van der Waals surface area contributed by atoms with Crippen LogP contribution in [0, 0.1) is 4.91 Å². The predicted molar refractivity (Wildman–Crippen MR) is 144 cm³/mol. The Morgan fingerprint density at radius 1 is 1.03 bits per heavy atom. The zero-order valence-corrected chi connectivity index (χ0v) is 22.0. The zero-order valence-electron chi connectivity index (χ0n) is 22.0. The number of anilines is 1. The molecule has 4 N–H and O–H groups in total. The van der Waals surface area contributed by atoms with E-state index in [-0.39, 0.29) is 35.9 Å². The molecule has 1 aliphatic heterocycles. The highest BCUT2D eigenvalue weighted by Crippen LogP contribution is 2.30. The van der Waals surface area contributed by atoms with E-state index in [1.807, 2.05) is 0 Å². The first-order valence-corrected chi connectivity index (χ1v) is 13.9. The Morgan fingerprint density at radius 2 is 1.61 bits per heavy atom. The SMILES string of the molecule is CCCCCCCCCCCCCCCCO.Nc1nc2c(ncn2C2CCC(CN=O)O2)c(=O)[nH]1. The smallest absolute Gasteiger partial charge is 0.280 e. The van der Waals surface area contributed by atoms with Gasteiger partial charge in [0.05, 0.1) is 12.4 Å². The van der Waals surface area contributed by atoms with E-state index in [1.165, 1.54) is 89.8 Å². The third-order valence-corrected chi connectivity index (χ3v) is 6.64. The maximum Gasteiger partial charge on any atom is 0.280 e. The summed E-state index contributed by atoms with van der Waals surface area (Å²) < 4.78 is 7.33. The van der Waals surface area contributed by atoms with Gasteiger partial charge in [-0.25, -0.2) is 4.98 Å². The van der Waals surface area contributed by atoms with E-state index in [1.54, 1.807) is 4.57 Å². The second-order valence-electron chi connectivity index (χ2n) is 9.70. The Labute approximate surface area is 214 Å². The number of aromatic nitrogens is 4. The molecular weight excluding hydrogens is 460 g/mol. The van der Waals surface area contributed by atoms with Crippen LogP contribution in [-0.2, 0) is 4.74 Å². The number of H-pyrrole nitrogens is 1. The van der Waals surface area contributed by atoms with Gasteiger partial charge >= 0.3 is 0 Å². The van der Waals surface area contributed by atoms with Gasteiger partial charge in [-0.15, -0.1) is 0 Å². The third-order valence-electron chi connectivity index (χ3n) is 6.64. The molecule has 0 amide bonds. The second-order valence-corrected chi connectivity index (χ2v) is 9.70. The molecule has 0 aliphatic carbocycles. The van der Waals surface area contributed by atoms with Crippen molar-refractivity contribution < 1.29 is 9.84 Å². The fourth-order valence-electron chi connectivity index (χ4n) is 4.57. The molecule has 10 heteroatoms. The van der Waals surface area contributed by atoms with Crippen LogP contribution in [0.15, 0.2) is 16.3 Å². The summed E-state index contributed by atoms with van der Waals surface area (Å²) in [4.78, 5) is 32.3. The molecule has 1 aliphatic rings. The van der Waals surface area contributed by atoms with Crippen LogP contribution in [-0.4, -0.2) is 43.9 Å². The Bertz CT molecular complexity index is 901. The van der Waals surface area contributed by atoms with Crippen molar-refractivity contribution in [3.8, 4) is 0 Å². The van der Waals surface area contributed by atoms with Crippen LogP contribution >= 0.6 is 0 Å². The lowest BCUT2D eigenvalue weighted by Crippen LogP contribution is -2.15. The molecule has 1 fully saturated rings. The van der Waals surface area contributed by atoms with E-state index >= 15 is 0 Å². The van der Waals surface area contributed by atoms with Crippen molar-refractivity contribution in [2.45, 2.75) is 122 Å². The molecule has 0 spiro atoms. The largest absolute Gasteiger partial charge is 0.396 e. The second kappa shape index (κ2) is 18.0. The number of aliphatic hydroxyl groups excluding tert-OH is 1. The summed E-state index contributed by atoms with van der Waals surface area (Å²) in [5, 5.41) is 11.5. The van der Waals surface area contributed by atoms with Crippen molar-refractivity contribution >= 4 is 17.1 Å². The number of imidazole rings is 1. The van der Waals surface area contributed by atoms with Gasteiger partial charge in [-0.1, -0.05) is 95.6 Å². The quantitative estimate of drug-likeness (QED) is 0.186. The number of nitrogens with two attached hydrogens (primary N) is 1. The summed E-state index contributed by atoms with van der Waals surface area (Å²) in [6.07, 6.45) is 21.6. The van der Waals surface area contributed by atoms with E-state index in [2.05, 4.69) is 27.1 Å². The number of nitroso groups, excluding NO2 is 1. The standard InChI is InChI=1S/C16H34O.C10H12N6O3/c1-2-3-4-5-6-7-8-9-10-11-12-13-14-15-16-17;11-10-14-8-7(9(17)15-10)12-4-16(8)6-2-1-5(19-6)3-13-18/h17H,2-16H2,1H3;4-6H,1-3H2,(H3,11,14,15,17). The third kappa shape index (κ3) is 10.7. The predicted octanol–water partition coefficient (Wildman–Crippen LogP) is 5.61. The molecule has 10 nitrogen and oxygen atoms in total. The highest BCUT2D eigenvalue weighted by Gasteiger charge is 2.28. The number of nitrogen functional groups attached to an aromatic ring is 1. The van der Waals surface area contributed by atoms with Crippen LogP contribution in [0.1, 0.15) is 116 Å². The highest BCUT2D eigenvalue weighted by atomic mass is 16.5. The van der Waals surface area contributed by atoms with Gasteiger partial charge in [0.25, 0.3) is 5.56 Å². The van der Waals surface area contributed by atoms with Crippen molar-refractivity contribution in [3.63, 3.8) is 0 Å². The summed E-state index contributed by atoms with van der Waals surface area (Å²) in [6, 6.07) is 0. The monoisotopic (exact) mass is 506 g/mol. The summed E-state index contributed by atoms with van der Waals surface area (Å²) in [5.41, 5.74) is 5.74. The van der Waals surface area contributed by atoms with Crippen LogP contribution in [0.4, 0.5) is 5.95 Å². The van der Waals surface area contributed by atoms with E-state index in [4.69, 9.17) is 15.6 Å². The van der Waals surface area contributed by atoms with Crippen LogP contribution in [0.3, 0.4) is 0 Å². The number of unbranched alkanes of at least 4 members (excludes halogenated alkanes) is 13. The van der Waals surface area contributed by atoms with E-state index < -0.39 is 0 Å². The average Bonchev–Trinajstić information content (AvgIpc) is 3.50. The molecule has 2 aromatic rings. The molecule has 36 heavy (non-hydrogen) atoms. The van der Waals surface area contributed by atoms with Gasteiger partial charge in [-0.05, 0) is 19.3 Å². The zero-order chi connectivity index (χ0) is 26.0. The maximum absolute atomic E-state index is 11.6. The van der Waals surface area contributed by atoms with Gasteiger partial charge in [-0.3, -0.25) is 14.3 Å². The van der Waals surface area contributed by atoms with Crippen molar-refractivity contribution in [1.29, 1.82) is 0 Å². The topological polar surface area (TPSA) is 148 Å². The maximum atomic E-state index is 11.6. The molecule has 1 saturated heterocycles. The molecule has 3 rings (SSSR count). The number of aromatic amines is 1. The fraction of sp³-hybridized carbons (Fsp3) is 0.808. The van der Waals surface area contributed by atoms with Gasteiger partial charge in [-0.2, -0.15) is 9.89 Å². The lowest BCUT2D eigenvalue weighted by molar-refractivity contribution is 0.00877. The molecule has 0 saturated carbocycles. The van der Waals surface area contributed by atoms with Gasteiger partial charge in [0, 0.05) is 6.61 Å². The average molecular weight is 507 g/mol. The molecule has 2 atom stereocenters. The van der Waals surface area contributed by atoms with Crippen molar-refractivity contribution in [2.24, 2.45) is 5.18 Å². The van der Waals surface area contributed by atoms with Gasteiger partial charge < -0.3 is 15.6 Å². The van der Waals surface area contributed by atoms with Crippen LogP contribution in [0.25, 0.3) is 11.2 Å². The van der Waals surface area contributed by atoms with Crippen molar-refractivity contribution in [2.75, 3.05) is 18.9 Å². The number of hydrogen-bond donors (Lipinski definition) is 3. The highest BCUT2D eigenvalue weighted by molar-refractivity contribution is 5.70. The van der Waals surface area contributed by atoms with Gasteiger partial charge in [0.15, 0.2) is 11.2 Å². The molecule has 0 radical (unpaired) electrons. The lowest BCUT2D eigenvalue weighted by atomic mass is 10.0. The van der Waals surface area contributed by atoms with Crippen molar-refractivity contribution in [3.05, 3.63) is 21.6 Å². The molecule has 2 unspecified atom stereocenters. The summed E-state index contributed by atoms with van der Waals surface area (Å²) in [7, 11) is 0.